The van der Waals surface area contributed by atoms with Crippen LogP contribution in [0.2, 0.25) is 0 Å². The highest BCUT2D eigenvalue weighted by Gasteiger charge is 2.10. The summed E-state index contributed by atoms with van der Waals surface area (Å²) in [4.78, 5) is 9.97. The second-order valence-electron chi connectivity index (χ2n) is 3.58. The van der Waals surface area contributed by atoms with E-state index < -0.39 is 4.92 Å². The monoisotopic (exact) mass is 230 g/mol. The summed E-state index contributed by atoms with van der Waals surface area (Å²) < 4.78 is 0. The van der Waals surface area contributed by atoms with Crippen molar-refractivity contribution in [3.05, 3.63) is 52.6 Å². The van der Waals surface area contributed by atoms with Crippen molar-refractivity contribution >= 4 is 11.4 Å². The fraction of sp³-hybridized carbons (Fsp3) is 0. The van der Waals surface area contributed by atoms with E-state index in [0.29, 0.717) is 11.3 Å². The summed E-state index contributed by atoms with van der Waals surface area (Å²) in [7, 11) is 0. The minimum atomic E-state index is -0.549. The average Bonchev–Trinajstić information content (AvgIpc) is 2.30. The van der Waals surface area contributed by atoms with E-state index in [4.69, 9.17) is 5.73 Å². The number of hydrogen-bond acceptors (Lipinski definition) is 4. The van der Waals surface area contributed by atoms with Gasteiger partial charge in [0.15, 0.2) is 0 Å². The lowest BCUT2D eigenvalue weighted by atomic mass is 10.0. The second-order valence-corrected chi connectivity index (χ2v) is 3.58. The molecule has 0 atom stereocenters. The lowest BCUT2D eigenvalue weighted by Gasteiger charge is -2.04. The Kier molecular flexibility index (Phi) is 2.66. The molecule has 0 aliphatic heterocycles. The van der Waals surface area contributed by atoms with Crippen LogP contribution >= 0.6 is 0 Å². The molecule has 2 rings (SSSR count). The van der Waals surface area contributed by atoms with E-state index in [0.717, 1.165) is 11.6 Å². The van der Waals surface area contributed by atoms with Gasteiger partial charge in [-0.3, -0.25) is 10.1 Å². The van der Waals surface area contributed by atoms with Gasteiger partial charge in [0, 0.05) is 17.3 Å². The van der Waals surface area contributed by atoms with Crippen LogP contribution in [0.25, 0.3) is 11.1 Å². The topological polar surface area (TPSA) is 89.4 Å². The summed E-state index contributed by atoms with van der Waals surface area (Å²) in [6.07, 6.45) is 0. The van der Waals surface area contributed by atoms with Crippen LogP contribution in [-0.4, -0.2) is 10.0 Å². The van der Waals surface area contributed by atoms with Gasteiger partial charge in [-0.2, -0.15) is 0 Å². The second kappa shape index (κ2) is 4.13. The Labute approximate surface area is 97.3 Å². The largest absolute Gasteiger partial charge is 0.507 e. The third-order valence-electron chi connectivity index (χ3n) is 2.41. The molecule has 0 aliphatic carbocycles. The number of anilines is 1. The van der Waals surface area contributed by atoms with E-state index in [1.807, 2.05) is 0 Å². The fourth-order valence-electron chi connectivity index (χ4n) is 1.54. The SMILES string of the molecule is Nc1ccc(-c2ccc([N+](=O)[O-])cc2O)cc1. The highest BCUT2D eigenvalue weighted by molar-refractivity contribution is 5.72. The van der Waals surface area contributed by atoms with E-state index in [1.54, 1.807) is 24.3 Å². The summed E-state index contributed by atoms with van der Waals surface area (Å²) in [5, 5.41) is 20.3. The Balaban J connectivity index is 2.46. The molecule has 0 saturated heterocycles. The molecule has 0 bridgehead atoms. The molecule has 2 aromatic rings. The van der Waals surface area contributed by atoms with Crippen LogP contribution in [0.3, 0.4) is 0 Å². The van der Waals surface area contributed by atoms with E-state index in [1.165, 1.54) is 12.1 Å². The molecule has 0 aromatic heterocycles. The summed E-state index contributed by atoms with van der Waals surface area (Å²) in [5.41, 5.74) is 7.33. The highest BCUT2D eigenvalue weighted by Crippen LogP contribution is 2.32. The van der Waals surface area contributed by atoms with Gasteiger partial charge in [0.05, 0.1) is 11.0 Å². The molecule has 0 amide bonds. The number of nitrogens with two attached hydrogens (primary N) is 1. The average molecular weight is 230 g/mol. The number of nitro benzene ring substituents is 1. The van der Waals surface area contributed by atoms with Crippen molar-refractivity contribution in [2.75, 3.05) is 5.73 Å². The first-order valence-electron chi connectivity index (χ1n) is 4.91. The first-order valence-corrected chi connectivity index (χ1v) is 4.91. The molecule has 0 aliphatic rings. The maximum Gasteiger partial charge on any atom is 0.273 e. The Bertz CT molecular complexity index is 564. The zero-order chi connectivity index (χ0) is 12.4. The van der Waals surface area contributed by atoms with Crippen LogP contribution in [0.15, 0.2) is 42.5 Å². The molecule has 5 nitrogen and oxygen atoms in total. The van der Waals surface area contributed by atoms with Crippen molar-refractivity contribution in [2.45, 2.75) is 0 Å². The van der Waals surface area contributed by atoms with Crippen LogP contribution in [0.4, 0.5) is 11.4 Å². The maximum atomic E-state index is 10.5. The zero-order valence-corrected chi connectivity index (χ0v) is 8.83. The van der Waals surface area contributed by atoms with Gasteiger partial charge in [0.2, 0.25) is 0 Å². The third-order valence-corrected chi connectivity index (χ3v) is 2.41. The summed E-state index contributed by atoms with van der Waals surface area (Å²) >= 11 is 0. The van der Waals surface area contributed by atoms with Crippen LogP contribution in [0.1, 0.15) is 0 Å². The molecular weight excluding hydrogens is 220 g/mol. The number of aromatic hydroxyl groups is 1. The van der Waals surface area contributed by atoms with Gasteiger partial charge >= 0.3 is 0 Å². The standard InChI is InChI=1S/C12H10N2O3/c13-9-3-1-8(2-4-9)11-6-5-10(14(16)17)7-12(11)15/h1-7,15H,13H2. The summed E-state index contributed by atoms with van der Waals surface area (Å²) in [5.74, 6) is -0.121. The molecule has 86 valence electrons. The minimum Gasteiger partial charge on any atom is -0.507 e. The first kappa shape index (κ1) is 10.9. The molecular formula is C12H10N2O3. The Morgan fingerprint density at radius 1 is 1.12 bits per heavy atom. The third kappa shape index (κ3) is 2.17. The van der Waals surface area contributed by atoms with Crippen molar-refractivity contribution < 1.29 is 10.0 Å². The molecule has 3 N–H and O–H groups in total. The quantitative estimate of drug-likeness (QED) is 0.471. The van der Waals surface area contributed by atoms with Crippen molar-refractivity contribution in [1.82, 2.24) is 0 Å². The lowest BCUT2D eigenvalue weighted by molar-refractivity contribution is -0.384. The normalized spacial score (nSPS) is 10.1. The van der Waals surface area contributed by atoms with Crippen LogP contribution < -0.4 is 5.73 Å². The number of benzene rings is 2. The van der Waals surface area contributed by atoms with Crippen molar-refractivity contribution in [2.24, 2.45) is 0 Å². The van der Waals surface area contributed by atoms with Gasteiger partial charge in [0.1, 0.15) is 5.75 Å². The molecule has 0 spiro atoms. The van der Waals surface area contributed by atoms with Gasteiger partial charge in [-0.15, -0.1) is 0 Å². The number of nitro groups is 1. The van der Waals surface area contributed by atoms with Crippen LogP contribution in [0, 0.1) is 10.1 Å². The number of rotatable bonds is 2. The highest BCUT2D eigenvalue weighted by atomic mass is 16.6. The summed E-state index contributed by atoms with van der Waals surface area (Å²) in [6.45, 7) is 0. The number of non-ortho nitro benzene ring substituents is 1. The Hall–Kier alpha value is -2.56. The van der Waals surface area contributed by atoms with Gasteiger partial charge in [-0.25, -0.2) is 0 Å². The fourth-order valence-corrected chi connectivity index (χ4v) is 1.54. The lowest BCUT2D eigenvalue weighted by Crippen LogP contribution is -1.88. The van der Waals surface area contributed by atoms with Gasteiger partial charge < -0.3 is 10.8 Å². The molecule has 0 fully saturated rings. The van der Waals surface area contributed by atoms with Gasteiger partial charge in [-0.05, 0) is 23.8 Å². The van der Waals surface area contributed by atoms with Gasteiger partial charge in [0.25, 0.3) is 5.69 Å². The summed E-state index contributed by atoms with van der Waals surface area (Å²) in [6, 6.07) is 10.9. The number of phenolic OH excluding ortho intramolecular Hbond substituents is 1. The Morgan fingerprint density at radius 3 is 2.29 bits per heavy atom. The van der Waals surface area contributed by atoms with Crippen molar-refractivity contribution in [3.8, 4) is 16.9 Å². The van der Waals surface area contributed by atoms with Crippen LogP contribution in [-0.2, 0) is 0 Å². The molecule has 5 heteroatoms. The Morgan fingerprint density at radius 2 is 1.76 bits per heavy atom. The van der Waals surface area contributed by atoms with Crippen LogP contribution in [0.5, 0.6) is 5.75 Å². The van der Waals surface area contributed by atoms with Crippen molar-refractivity contribution in [3.63, 3.8) is 0 Å². The molecule has 17 heavy (non-hydrogen) atoms. The number of phenols is 1. The molecule has 0 heterocycles. The minimum absolute atomic E-state index is 0.121. The van der Waals surface area contributed by atoms with E-state index in [9.17, 15) is 15.2 Å². The number of nitrogens with zero attached hydrogens (tertiary/aromatic N) is 1. The zero-order valence-electron chi connectivity index (χ0n) is 8.83. The molecule has 0 unspecified atom stereocenters. The maximum absolute atomic E-state index is 10.5. The molecule has 0 radical (unpaired) electrons. The van der Waals surface area contributed by atoms with E-state index in [-0.39, 0.29) is 11.4 Å². The predicted molar refractivity (Wildman–Crippen MR) is 64.6 cm³/mol. The van der Waals surface area contributed by atoms with Gasteiger partial charge in [-0.1, -0.05) is 12.1 Å². The van der Waals surface area contributed by atoms with E-state index >= 15 is 0 Å². The van der Waals surface area contributed by atoms with Crippen molar-refractivity contribution in [1.29, 1.82) is 0 Å². The number of hydrogen-bond donors (Lipinski definition) is 2. The predicted octanol–water partition coefficient (Wildman–Crippen LogP) is 2.55. The first-order chi connectivity index (χ1) is 8.08. The smallest absolute Gasteiger partial charge is 0.273 e. The molecule has 0 saturated carbocycles. The van der Waals surface area contributed by atoms with E-state index in [2.05, 4.69) is 0 Å². The molecule has 2 aromatic carbocycles. The number of nitrogen functional groups attached to an aromatic ring is 1.